The number of rotatable bonds is 2. The summed E-state index contributed by atoms with van der Waals surface area (Å²) >= 11 is 0. The van der Waals surface area contributed by atoms with Crippen LogP contribution in [0, 0.1) is 6.92 Å². The molecule has 1 aromatic rings. The first-order chi connectivity index (χ1) is 8.43. The van der Waals surface area contributed by atoms with Gasteiger partial charge in [0.25, 0.3) is 0 Å². The molecule has 1 aromatic carbocycles. The summed E-state index contributed by atoms with van der Waals surface area (Å²) < 4.78 is 39.2. The van der Waals surface area contributed by atoms with Gasteiger partial charge in [0.2, 0.25) is 0 Å². The Balaban J connectivity index is 3.45. The van der Waals surface area contributed by atoms with E-state index in [9.17, 15) is 18.3 Å². The molecule has 0 spiro atoms. The minimum absolute atomic E-state index is 0.0852. The number of halogens is 3. The Morgan fingerprint density at radius 2 is 1.63 bits per heavy atom. The summed E-state index contributed by atoms with van der Waals surface area (Å²) in [6.07, 6.45) is -5.07. The molecule has 0 bridgehead atoms. The molecule has 0 radical (unpaired) electrons. The van der Waals surface area contributed by atoms with Crippen molar-refractivity contribution in [1.29, 1.82) is 0 Å². The van der Waals surface area contributed by atoms with Gasteiger partial charge in [-0.1, -0.05) is 45.9 Å². The van der Waals surface area contributed by atoms with Crippen LogP contribution in [0.2, 0.25) is 0 Å². The van der Waals surface area contributed by atoms with E-state index in [1.807, 2.05) is 27.7 Å². The van der Waals surface area contributed by atoms with Crippen molar-refractivity contribution in [2.24, 2.45) is 0 Å². The standard InChI is InChI=1S/C15H21F3O/c1-6-14(19,15(16,17)18)11-8-7-10(2)12(9-11)13(3,4)5/h7-9,19H,6H2,1-5H3. The van der Waals surface area contributed by atoms with E-state index in [1.165, 1.54) is 19.1 Å². The molecule has 19 heavy (non-hydrogen) atoms. The van der Waals surface area contributed by atoms with Crippen molar-refractivity contribution in [3.05, 3.63) is 34.9 Å². The maximum atomic E-state index is 13.1. The molecular formula is C15H21F3O. The highest BCUT2D eigenvalue weighted by Crippen LogP contribution is 2.42. The average molecular weight is 274 g/mol. The number of aliphatic hydroxyl groups is 1. The van der Waals surface area contributed by atoms with Gasteiger partial charge in [-0.15, -0.1) is 0 Å². The van der Waals surface area contributed by atoms with Crippen molar-refractivity contribution in [2.75, 3.05) is 0 Å². The van der Waals surface area contributed by atoms with Crippen LogP contribution in [0.25, 0.3) is 0 Å². The average Bonchev–Trinajstić information content (AvgIpc) is 2.25. The summed E-state index contributed by atoms with van der Waals surface area (Å²) in [5, 5.41) is 9.98. The number of benzene rings is 1. The molecule has 0 heterocycles. The second-order valence-electron chi connectivity index (χ2n) is 5.99. The van der Waals surface area contributed by atoms with Gasteiger partial charge in [-0.05, 0) is 35.4 Å². The minimum atomic E-state index is -4.67. The lowest BCUT2D eigenvalue weighted by atomic mass is 9.80. The summed E-state index contributed by atoms with van der Waals surface area (Å²) in [4.78, 5) is 0. The lowest BCUT2D eigenvalue weighted by Crippen LogP contribution is -2.41. The van der Waals surface area contributed by atoms with Crippen LogP contribution in [-0.2, 0) is 11.0 Å². The van der Waals surface area contributed by atoms with Crippen molar-refractivity contribution in [2.45, 2.75) is 58.2 Å². The fourth-order valence-corrected chi connectivity index (χ4v) is 2.26. The Morgan fingerprint density at radius 1 is 1.11 bits per heavy atom. The number of hydrogen-bond donors (Lipinski definition) is 1. The smallest absolute Gasteiger partial charge is 0.376 e. The van der Waals surface area contributed by atoms with Gasteiger partial charge < -0.3 is 5.11 Å². The summed E-state index contributed by atoms with van der Waals surface area (Å²) in [5.74, 6) is 0. The zero-order valence-electron chi connectivity index (χ0n) is 12.0. The van der Waals surface area contributed by atoms with E-state index in [1.54, 1.807) is 6.07 Å². The molecule has 0 fully saturated rings. The van der Waals surface area contributed by atoms with Crippen LogP contribution in [0.3, 0.4) is 0 Å². The molecular weight excluding hydrogens is 253 g/mol. The fourth-order valence-electron chi connectivity index (χ4n) is 2.26. The lowest BCUT2D eigenvalue weighted by molar-refractivity contribution is -0.267. The van der Waals surface area contributed by atoms with Crippen molar-refractivity contribution >= 4 is 0 Å². The molecule has 0 saturated carbocycles. The third kappa shape index (κ3) is 2.94. The number of alkyl halides is 3. The van der Waals surface area contributed by atoms with Crippen molar-refractivity contribution in [3.8, 4) is 0 Å². The molecule has 0 aliphatic rings. The first kappa shape index (κ1) is 16.0. The predicted molar refractivity (Wildman–Crippen MR) is 70.1 cm³/mol. The molecule has 1 nitrogen and oxygen atoms in total. The third-order valence-electron chi connectivity index (χ3n) is 3.50. The number of hydrogen-bond acceptors (Lipinski definition) is 1. The Morgan fingerprint density at radius 3 is 2.00 bits per heavy atom. The van der Waals surface area contributed by atoms with Crippen LogP contribution in [0.1, 0.15) is 50.8 Å². The van der Waals surface area contributed by atoms with Crippen LogP contribution >= 0.6 is 0 Å². The van der Waals surface area contributed by atoms with Gasteiger partial charge in [-0.3, -0.25) is 0 Å². The van der Waals surface area contributed by atoms with Crippen LogP contribution in [0.5, 0.6) is 0 Å². The Hall–Kier alpha value is -1.03. The molecule has 108 valence electrons. The molecule has 0 saturated heterocycles. The molecule has 0 aromatic heterocycles. The van der Waals surface area contributed by atoms with Crippen LogP contribution in [0.15, 0.2) is 18.2 Å². The van der Waals surface area contributed by atoms with Gasteiger partial charge in [0.05, 0.1) is 0 Å². The minimum Gasteiger partial charge on any atom is -0.376 e. The molecule has 1 atom stereocenters. The summed E-state index contributed by atoms with van der Waals surface area (Å²) in [6, 6.07) is 4.48. The van der Waals surface area contributed by atoms with Crippen molar-refractivity contribution < 1.29 is 18.3 Å². The molecule has 1 N–H and O–H groups in total. The summed E-state index contributed by atoms with van der Waals surface area (Å²) in [5.41, 5.74) is -1.38. The van der Waals surface area contributed by atoms with E-state index in [4.69, 9.17) is 0 Å². The van der Waals surface area contributed by atoms with E-state index >= 15 is 0 Å². The third-order valence-corrected chi connectivity index (χ3v) is 3.50. The fraction of sp³-hybridized carbons (Fsp3) is 0.600. The quantitative estimate of drug-likeness (QED) is 0.844. The molecule has 4 heteroatoms. The maximum absolute atomic E-state index is 13.1. The zero-order valence-corrected chi connectivity index (χ0v) is 12.0. The molecule has 1 unspecified atom stereocenters. The zero-order chi connectivity index (χ0) is 15.1. The summed E-state index contributed by atoms with van der Waals surface area (Å²) in [7, 11) is 0. The van der Waals surface area contributed by atoms with E-state index in [0.717, 1.165) is 11.1 Å². The van der Waals surface area contributed by atoms with Gasteiger partial charge in [0.15, 0.2) is 5.60 Å². The lowest BCUT2D eigenvalue weighted by Gasteiger charge is -2.32. The monoisotopic (exact) mass is 274 g/mol. The van der Waals surface area contributed by atoms with E-state index in [0.29, 0.717) is 0 Å². The molecule has 0 aliphatic heterocycles. The highest BCUT2D eigenvalue weighted by molar-refractivity contribution is 5.38. The van der Waals surface area contributed by atoms with Gasteiger partial charge >= 0.3 is 6.18 Å². The van der Waals surface area contributed by atoms with E-state index < -0.39 is 18.2 Å². The Bertz CT molecular complexity index is 457. The normalized spacial score (nSPS) is 16.3. The first-order valence-corrected chi connectivity index (χ1v) is 6.34. The summed E-state index contributed by atoms with van der Waals surface area (Å²) in [6.45, 7) is 9.03. The number of aryl methyl sites for hydroxylation is 1. The van der Waals surface area contributed by atoms with Crippen molar-refractivity contribution in [1.82, 2.24) is 0 Å². The molecule has 0 amide bonds. The second-order valence-corrected chi connectivity index (χ2v) is 5.99. The Labute approximate surface area is 112 Å². The Kier molecular flexibility index (Phi) is 4.06. The van der Waals surface area contributed by atoms with Crippen molar-refractivity contribution in [3.63, 3.8) is 0 Å². The van der Waals surface area contributed by atoms with E-state index in [2.05, 4.69) is 0 Å². The van der Waals surface area contributed by atoms with Crippen LogP contribution in [-0.4, -0.2) is 11.3 Å². The van der Waals surface area contributed by atoms with Crippen LogP contribution < -0.4 is 0 Å². The maximum Gasteiger partial charge on any atom is 0.421 e. The molecule has 0 aliphatic carbocycles. The second kappa shape index (κ2) is 4.82. The SMILES string of the molecule is CCC(O)(c1ccc(C)c(C(C)(C)C)c1)C(F)(F)F. The van der Waals surface area contributed by atoms with Gasteiger partial charge in [0.1, 0.15) is 0 Å². The largest absolute Gasteiger partial charge is 0.421 e. The molecule has 1 rings (SSSR count). The van der Waals surface area contributed by atoms with Gasteiger partial charge in [-0.2, -0.15) is 13.2 Å². The highest BCUT2D eigenvalue weighted by Gasteiger charge is 2.53. The van der Waals surface area contributed by atoms with Crippen LogP contribution in [0.4, 0.5) is 13.2 Å². The van der Waals surface area contributed by atoms with Gasteiger partial charge in [0, 0.05) is 0 Å². The van der Waals surface area contributed by atoms with E-state index in [-0.39, 0.29) is 11.0 Å². The predicted octanol–water partition coefficient (Wildman–Crippen LogP) is 4.45. The first-order valence-electron chi connectivity index (χ1n) is 6.34. The topological polar surface area (TPSA) is 20.2 Å². The van der Waals surface area contributed by atoms with Gasteiger partial charge in [-0.25, -0.2) is 0 Å². The highest BCUT2D eigenvalue weighted by atomic mass is 19.4.